The number of hydrogen-bond donors (Lipinski definition) is 3. The van der Waals surface area contributed by atoms with E-state index in [2.05, 4.69) is 25.9 Å². The van der Waals surface area contributed by atoms with E-state index in [0.29, 0.717) is 11.3 Å². The average molecular weight is 421 g/mol. The molecule has 7 nitrogen and oxygen atoms in total. The second kappa shape index (κ2) is 8.67. The van der Waals surface area contributed by atoms with Gasteiger partial charge >= 0.3 is 6.03 Å². The average Bonchev–Trinajstić information content (AvgIpc) is 3.21. The molecule has 1 aromatic carbocycles. The molecule has 160 valence electrons. The molecule has 31 heavy (non-hydrogen) atoms. The van der Waals surface area contributed by atoms with Crippen LogP contribution in [0.5, 0.6) is 0 Å². The van der Waals surface area contributed by atoms with Gasteiger partial charge in [0.1, 0.15) is 11.6 Å². The van der Waals surface area contributed by atoms with Gasteiger partial charge in [-0.3, -0.25) is 9.78 Å². The highest BCUT2D eigenvalue weighted by atomic mass is 19.1. The number of rotatable bonds is 4. The van der Waals surface area contributed by atoms with Crippen LogP contribution in [-0.4, -0.2) is 27.9 Å². The van der Waals surface area contributed by atoms with Gasteiger partial charge in [-0.1, -0.05) is 18.9 Å². The van der Waals surface area contributed by atoms with Crippen molar-refractivity contribution in [2.75, 3.05) is 10.6 Å². The van der Waals surface area contributed by atoms with Crippen molar-refractivity contribution in [2.24, 2.45) is 0 Å². The Morgan fingerprint density at radius 2 is 1.87 bits per heavy atom. The Hall–Kier alpha value is -3.55. The maximum Gasteiger partial charge on any atom is 0.319 e. The zero-order chi connectivity index (χ0) is 22.0. The van der Waals surface area contributed by atoms with E-state index in [1.165, 1.54) is 13.0 Å². The van der Waals surface area contributed by atoms with Crippen molar-refractivity contribution in [1.82, 2.24) is 15.3 Å². The molecule has 1 fully saturated rings. The lowest BCUT2D eigenvalue weighted by molar-refractivity contribution is -0.114. The third-order valence-corrected chi connectivity index (χ3v) is 5.41. The van der Waals surface area contributed by atoms with Crippen molar-refractivity contribution in [1.29, 1.82) is 0 Å². The van der Waals surface area contributed by atoms with E-state index >= 15 is 0 Å². The number of benzene rings is 1. The van der Waals surface area contributed by atoms with E-state index in [1.54, 1.807) is 24.4 Å². The van der Waals surface area contributed by atoms with Crippen molar-refractivity contribution >= 4 is 34.3 Å². The van der Waals surface area contributed by atoms with Crippen LogP contribution in [0.15, 0.2) is 36.5 Å². The highest BCUT2D eigenvalue weighted by Crippen LogP contribution is 2.30. The zero-order valence-electron chi connectivity index (χ0n) is 17.5. The molecule has 1 aliphatic rings. The topological polar surface area (TPSA) is 96.0 Å². The van der Waals surface area contributed by atoms with Crippen molar-refractivity contribution in [2.45, 2.75) is 45.6 Å². The molecular weight excluding hydrogens is 397 g/mol. The number of aromatic nitrogens is 2. The summed E-state index contributed by atoms with van der Waals surface area (Å²) in [5.74, 6) is -0.275. The molecule has 4 rings (SSSR count). The number of nitrogens with zero attached hydrogens (tertiary/aromatic N) is 2. The van der Waals surface area contributed by atoms with Gasteiger partial charge in [0.05, 0.1) is 11.2 Å². The SMILES string of the molecule is CC(=O)Nc1cc2nc(C)c(-c3ccc(F)c(NC(=O)NC4CCCC4)c3)cc2cn1. The quantitative estimate of drug-likeness (QED) is 0.566. The number of urea groups is 1. The van der Waals surface area contributed by atoms with Gasteiger partial charge in [-0.15, -0.1) is 0 Å². The van der Waals surface area contributed by atoms with Crippen LogP contribution in [0, 0.1) is 12.7 Å². The summed E-state index contributed by atoms with van der Waals surface area (Å²) in [6.45, 7) is 3.28. The summed E-state index contributed by atoms with van der Waals surface area (Å²) >= 11 is 0. The molecule has 0 spiro atoms. The molecule has 0 bridgehead atoms. The van der Waals surface area contributed by atoms with Gasteiger partial charge in [0, 0.05) is 41.9 Å². The van der Waals surface area contributed by atoms with Crippen LogP contribution in [-0.2, 0) is 4.79 Å². The molecular formula is C23H24FN5O2. The third kappa shape index (κ3) is 4.79. The standard InChI is InChI=1S/C23H24FN5O2/c1-13-18(9-16-12-25-22(27-14(2)30)11-20(16)26-13)15-7-8-19(24)21(10-15)29-23(31)28-17-5-3-4-6-17/h7-12,17H,3-6H2,1-2H3,(H,25,27,30)(H2,28,29,31). The maximum atomic E-state index is 14.4. The van der Waals surface area contributed by atoms with Crippen molar-refractivity contribution in [3.8, 4) is 11.1 Å². The first kappa shape index (κ1) is 20.7. The Kier molecular flexibility index (Phi) is 5.79. The van der Waals surface area contributed by atoms with Gasteiger partial charge in [-0.05, 0) is 43.5 Å². The fraction of sp³-hybridized carbons (Fsp3) is 0.304. The van der Waals surface area contributed by atoms with Crippen molar-refractivity contribution < 1.29 is 14.0 Å². The Morgan fingerprint density at radius 3 is 2.61 bits per heavy atom. The molecule has 3 amide bonds. The van der Waals surface area contributed by atoms with Crippen molar-refractivity contribution in [3.63, 3.8) is 0 Å². The lowest BCUT2D eigenvalue weighted by Gasteiger charge is -2.15. The van der Waals surface area contributed by atoms with Gasteiger partial charge in [0.25, 0.3) is 0 Å². The summed E-state index contributed by atoms with van der Waals surface area (Å²) in [5, 5.41) is 8.96. The highest BCUT2D eigenvalue weighted by molar-refractivity contribution is 5.93. The predicted molar refractivity (Wildman–Crippen MR) is 118 cm³/mol. The Bertz CT molecular complexity index is 1160. The van der Waals surface area contributed by atoms with Gasteiger partial charge in [-0.25, -0.2) is 14.2 Å². The first-order valence-electron chi connectivity index (χ1n) is 10.3. The number of hydrogen-bond acceptors (Lipinski definition) is 4. The van der Waals surface area contributed by atoms with E-state index in [0.717, 1.165) is 47.9 Å². The van der Waals surface area contributed by atoms with Crippen molar-refractivity contribution in [3.05, 3.63) is 48.0 Å². The predicted octanol–water partition coefficient (Wildman–Crippen LogP) is 4.77. The number of fused-ring (bicyclic) bond motifs is 1. The molecule has 0 aliphatic heterocycles. The zero-order valence-corrected chi connectivity index (χ0v) is 17.5. The Labute approximate surface area is 179 Å². The molecule has 3 N–H and O–H groups in total. The number of pyridine rings is 2. The summed E-state index contributed by atoms with van der Waals surface area (Å²) < 4.78 is 14.4. The molecule has 2 aromatic heterocycles. The minimum Gasteiger partial charge on any atom is -0.335 e. The maximum absolute atomic E-state index is 14.4. The number of carbonyl (C=O) groups excluding carboxylic acids is 2. The fourth-order valence-electron chi connectivity index (χ4n) is 3.91. The Balaban J connectivity index is 1.61. The highest BCUT2D eigenvalue weighted by Gasteiger charge is 2.18. The summed E-state index contributed by atoms with van der Waals surface area (Å²) in [5.41, 5.74) is 3.08. The third-order valence-electron chi connectivity index (χ3n) is 5.41. The van der Waals surface area contributed by atoms with Crippen LogP contribution in [0.1, 0.15) is 38.3 Å². The lowest BCUT2D eigenvalue weighted by Crippen LogP contribution is -2.36. The van der Waals surface area contributed by atoms with E-state index in [1.807, 2.05) is 13.0 Å². The van der Waals surface area contributed by atoms with Gasteiger partial charge < -0.3 is 16.0 Å². The summed E-state index contributed by atoms with van der Waals surface area (Å²) in [6.07, 6.45) is 5.74. The molecule has 0 radical (unpaired) electrons. The second-order valence-electron chi connectivity index (χ2n) is 7.84. The van der Waals surface area contributed by atoms with Gasteiger partial charge in [-0.2, -0.15) is 0 Å². The normalized spacial score (nSPS) is 13.9. The number of anilines is 2. The number of carbonyl (C=O) groups is 2. The summed E-state index contributed by atoms with van der Waals surface area (Å²) in [6, 6.07) is 7.97. The van der Waals surface area contributed by atoms with E-state index in [-0.39, 0.29) is 17.6 Å². The number of halogens is 1. The van der Waals surface area contributed by atoms with Gasteiger partial charge in [0.2, 0.25) is 5.91 Å². The second-order valence-corrected chi connectivity index (χ2v) is 7.84. The molecule has 2 heterocycles. The van der Waals surface area contributed by atoms with E-state index < -0.39 is 11.8 Å². The number of nitrogens with one attached hydrogen (secondary N) is 3. The molecule has 0 unspecified atom stereocenters. The number of amides is 3. The minimum absolute atomic E-state index is 0.117. The Morgan fingerprint density at radius 1 is 1.10 bits per heavy atom. The van der Waals surface area contributed by atoms with E-state index in [9.17, 15) is 14.0 Å². The van der Waals surface area contributed by atoms with Crippen LogP contribution < -0.4 is 16.0 Å². The molecule has 8 heteroatoms. The largest absolute Gasteiger partial charge is 0.335 e. The molecule has 3 aromatic rings. The van der Waals surface area contributed by atoms with Crippen LogP contribution >= 0.6 is 0 Å². The molecule has 0 saturated heterocycles. The lowest BCUT2D eigenvalue weighted by atomic mass is 10.0. The summed E-state index contributed by atoms with van der Waals surface area (Å²) in [7, 11) is 0. The molecule has 0 atom stereocenters. The smallest absolute Gasteiger partial charge is 0.319 e. The first-order valence-corrected chi connectivity index (χ1v) is 10.3. The number of aryl methyl sites for hydroxylation is 1. The molecule has 1 saturated carbocycles. The van der Waals surface area contributed by atoms with Crippen LogP contribution in [0.2, 0.25) is 0 Å². The minimum atomic E-state index is -0.502. The monoisotopic (exact) mass is 421 g/mol. The van der Waals surface area contributed by atoms with Crippen LogP contribution in [0.25, 0.3) is 22.0 Å². The first-order chi connectivity index (χ1) is 14.9. The van der Waals surface area contributed by atoms with Crippen LogP contribution in [0.3, 0.4) is 0 Å². The molecule has 1 aliphatic carbocycles. The van der Waals surface area contributed by atoms with Crippen LogP contribution in [0.4, 0.5) is 20.7 Å². The van der Waals surface area contributed by atoms with Gasteiger partial charge in [0.15, 0.2) is 0 Å². The van der Waals surface area contributed by atoms with E-state index in [4.69, 9.17) is 0 Å². The fourth-order valence-corrected chi connectivity index (χ4v) is 3.91. The summed E-state index contributed by atoms with van der Waals surface area (Å²) in [4.78, 5) is 32.4.